The van der Waals surface area contributed by atoms with E-state index in [4.69, 9.17) is 16.3 Å². The van der Waals surface area contributed by atoms with E-state index in [9.17, 15) is 14.4 Å². The number of nitrogens with zero attached hydrogens (tertiary/aromatic N) is 1. The molecule has 0 N–H and O–H groups in total. The van der Waals surface area contributed by atoms with Gasteiger partial charge in [-0.2, -0.15) is 0 Å². The van der Waals surface area contributed by atoms with Crippen LogP contribution >= 0.6 is 11.6 Å². The molecule has 0 aliphatic heterocycles. The predicted octanol–water partition coefficient (Wildman–Crippen LogP) is 4.36. The SMILES string of the molecule is COc1cn(C(C=O)Cc2ccccc2)c(=O)cc1-c1cc(Cl)ccc1C(C)=O. The highest BCUT2D eigenvalue weighted by molar-refractivity contribution is 6.31. The lowest BCUT2D eigenvalue weighted by Crippen LogP contribution is -2.26. The Kier molecular flexibility index (Phi) is 6.29. The van der Waals surface area contributed by atoms with Crippen molar-refractivity contribution in [3.05, 3.63) is 87.3 Å². The van der Waals surface area contributed by atoms with Crippen molar-refractivity contribution in [2.45, 2.75) is 19.4 Å². The first-order chi connectivity index (χ1) is 13.9. The third-order valence-electron chi connectivity index (χ3n) is 4.72. The third kappa shape index (κ3) is 4.46. The first-order valence-electron chi connectivity index (χ1n) is 9.05. The van der Waals surface area contributed by atoms with Crippen molar-refractivity contribution in [2.24, 2.45) is 0 Å². The van der Waals surface area contributed by atoms with E-state index < -0.39 is 6.04 Å². The second-order valence-corrected chi connectivity index (χ2v) is 7.08. The predicted molar refractivity (Wildman–Crippen MR) is 113 cm³/mol. The molecule has 0 saturated heterocycles. The van der Waals surface area contributed by atoms with Crippen LogP contribution in [0, 0.1) is 0 Å². The largest absolute Gasteiger partial charge is 0.495 e. The van der Waals surface area contributed by atoms with Crippen LogP contribution in [-0.4, -0.2) is 23.7 Å². The van der Waals surface area contributed by atoms with Crippen molar-refractivity contribution in [1.82, 2.24) is 4.57 Å². The van der Waals surface area contributed by atoms with Crippen LogP contribution in [0.3, 0.4) is 0 Å². The Morgan fingerprint density at radius 2 is 1.86 bits per heavy atom. The van der Waals surface area contributed by atoms with E-state index in [2.05, 4.69) is 0 Å². The van der Waals surface area contributed by atoms with E-state index in [-0.39, 0.29) is 11.3 Å². The molecular formula is C23H20ClNO4. The fourth-order valence-corrected chi connectivity index (χ4v) is 3.45. The molecule has 0 spiro atoms. The Balaban J connectivity index is 2.11. The summed E-state index contributed by atoms with van der Waals surface area (Å²) in [6, 6.07) is 15.0. The number of hydrogen-bond donors (Lipinski definition) is 0. The van der Waals surface area contributed by atoms with Gasteiger partial charge in [0.05, 0.1) is 19.3 Å². The highest BCUT2D eigenvalue weighted by Crippen LogP contribution is 2.33. The Morgan fingerprint density at radius 3 is 2.48 bits per heavy atom. The normalized spacial score (nSPS) is 11.7. The summed E-state index contributed by atoms with van der Waals surface area (Å²) < 4.78 is 6.83. The molecule has 2 aromatic carbocycles. The maximum atomic E-state index is 12.9. The molecule has 5 nitrogen and oxygen atoms in total. The lowest BCUT2D eigenvalue weighted by atomic mass is 9.97. The molecular weight excluding hydrogens is 390 g/mol. The summed E-state index contributed by atoms with van der Waals surface area (Å²) in [4.78, 5) is 36.7. The lowest BCUT2D eigenvalue weighted by Gasteiger charge is -2.18. The number of ether oxygens (including phenoxy) is 1. The Hall–Kier alpha value is -3.18. The van der Waals surface area contributed by atoms with Crippen molar-refractivity contribution < 1.29 is 14.3 Å². The number of hydrogen-bond acceptors (Lipinski definition) is 4. The molecule has 29 heavy (non-hydrogen) atoms. The summed E-state index contributed by atoms with van der Waals surface area (Å²) >= 11 is 6.12. The van der Waals surface area contributed by atoms with Gasteiger partial charge < -0.3 is 14.1 Å². The molecule has 0 aliphatic rings. The molecule has 0 bridgehead atoms. The molecule has 3 aromatic rings. The van der Waals surface area contributed by atoms with E-state index in [0.29, 0.717) is 33.9 Å². The minimum absolute atomic E-state index is 0.155. The van der Waals surface area contributed by atoms with Gasteiger partial charge in [0.2, 0.25) is 0 Å². The van der Waals surface area contributed by atoms with Crippen LogP contribution < -0.4 is 10.3 Å². The second-order valence-electron chi connectivity index (χ2n) is 6.64. The monoisotopic (exact) mass is 409 g/mol. The summed E-state index contributed by atoms with van der Waals surface area (Å²) in [7, 11) is 1.47. The fraction of sp³-hybridized carbons (Fsp3) is 0.174. The molecule has 0 radical (unpaired) electrons. The van der Waals surface area contributed by atoms with Gasteiger partial charge >= 0.3 is 0 Å². The molecule has 0 fully saturated rings. The van der Waals surface area contributed by atoms with E-state index in [1.54, 1.807) is 18.2 Å². The van der Waals surface area contributed by atoms with Gasteiger partial charge in [0.1, 0.15) is 12.0 Å². The quantitative estimate of drug-likeness (QED) is 0.429. The second kappa shape index (κ2) is 8.88. The van der Waals surface area contributed by atoms with Crippen LogP contribution in [-0.2, 0) is 11.2 Å². The average Bonchev–Trinajstić information content (AvgIpc) is 2.72. The number of methoxy groups -OCH3 is 1. The topological polar surface area (TPSA) is 65.4 Å². The highest BCUT2D eigenvalue weighted by Gasteiger charge is 2.19. The van der Waals surface area contributed by atoms with Gasteiger partial charge in [-0.3, -0.25) is 9.59 Å². The van der Waals surface area contributed by atoms with Crippen molar-refractivity contribution in [3.63, 3.8) is 0 Å². The molecule has 0 saturated carbocycles. The van der Waals surface area contributed by atoms with Crippen molar-refractivity contribution in [3.8, 4) is 16.9 Å². The van der Waals surface area contributed by atoms with Crippen molar-refractivity contribution in [1.29, 1.82) is 0 Å². The number of pyridine rings is 1. The van der Waals surface area contributed by atoms with Gasteiger partial charge in [-0.1, -0.05) is 41.9 Å². The molecule has 1 heterocycles. The summed E-state index contributed by atoms with van der Waals surface area (Å²) in [5.74, 6) is 0.215. The Bertz CT molecular complexity index is 1110. The first-order valence-corrected chi connectivity index (χ1v) is 9.42. The van der Waals surface area contributed by atoms with Crippen LogP contribution in [0.1, 0.15) is 28.9 Å². The Labute approximate surface area is 173 Å². The zero-order chi connectivity index (χ0) is 21.0. The average molecular weight is 410 g/mol. The summed E-state index contributed by atoms with van der Waals surface area (Å²) in [5, 5.41) is 0.436. The number of benzene rings is 2. The number of halogens is 1. The van der Waals surface area contributed by atoms with Crippen LogP contribution in [0.5, 0.6) is 5.75 Å². The maximum Gasteiger partial charge on any atom is 0.252 e. The van der Waals surface area contributed by atoms with Gasteiger partial charge in [0, 0.05) is 28.6 Å². The van der Waals surface area contributed by atoms with Crippen LogP contribution in [0.15, 0.2) is 65.6 Å². The van der Waals surface area contributed by atoms with E-state index >= 15 is 0 Å². The van der Waals surface area contributed by atoms with Gasteiger partial charge in [0.25, 0.3) is 5.56 Å². The minimum Gasteiger partial charge on any atom is -0.495 e. The maximum absolute atomic E-state index is 12.9. The number of ketones is 1. The number of aromatic nitrogens is 1. The van der Waals surface area contributed by atoms with Gasteiger partial charge in [-0.25, -0.2) is 0 Å². The Morgan fingerprint density at radius 1 is 1.14 bits per heavy atom. The minimum atomic E-state index is -0.681. The lowest BCUT2D eigenvalue weighted by molar-refractivity contribution is -0.110. The van der Waals surface area contributed by atoms with Crippen LogP contribution in [0.2, 0.25) is 5.02 Å². The molecule has 0 amide bonds. The molecule has 1 aromatic heterocycles. The fourth-order valence-electron chi connectivity index (χ4n) is 3.27. The number of aldehydes is 1. The standard InChI is InChI=1S/C23H20ClNO4/c1-15(27)19-9-8-17(24)11-20(19)21-12-23(28)25(13-22(21)29-2)18(14-26)10-16-6-4-3-5-7-16/h3-9,11-14,18H,10H2,1-2H3. The molecule has 1 atom stereocenters. The number of rotatable bonds is 7. The summed E-state index contributed by atoms with van der Waals surface area (Å²) in [6.07, 6.45) is 2.63. The van der Waals surface area contributed by atoms with Gasteiger partial charge in [0.15, 0.2) is 5.78 Å². The zero-order valence-corrected chi connectivity index (χ0v) is 16.8. The molecule has 0 aliphatic carbocycles. The molecule has 148 valence electrons. The van der Waals surface area contributed by atoms with Crippen molar-refractivity contribution >= 4 is 23.7 Å². The summed E-state index contributed by atoms with van der Waals surface area (Å²) in [6.45, 7) is 1.45. The van der Waals surface area contributed by atoms with Gasteiger partial charge in [-0.15, -0.1) is 0 Å². The van der Waals surface area contributed by atoms with E-state index in [0.717, 1.165) is 11.8 Å². The van der Waals surface area contributed by atoms with Crippen molar-refractivity contribution in [2.75, 3.05) is 7.11 Å². The molecule has 6 heteroatoms. The summed E-state index contributed by atoms with van der Waals surface area (Å²) in [5.41, 5.74) is 1.96. The zero-order valence-electron chi connectivity index (χ0n) is 16.1. The van der Waals surface area contributed by atoms with E-state index in [1.807, 2.05) is 30.3 Å². The van der Waals surface area contributed by atoms with Crippen LogP contribution in [0.4, 0.5) is 0 Å². The highest BCUT2D eigenvalue weighted by atomic mass is 35.5. The molecule has 1 unspecified atom stereocenters. The van der Waals surface area contributed by atoms with Crippen LogP contribution in [0.25, 0.3) is 11.1 Å². The third-order valence-corrected chi connectivity index (χ3v) is 4.95. The number of Topliss-reactive ketones (excluding diaryl/α,β-unsaturated/α-hetero) is 1. The first kappa shape index (κ1) is 20.6. The number of carbonyl (C=O) groups excluding carboxylic acids is 2. The van der Waals surface area contributed by atoms with E-state index in [1.165, 1.54) is 30.9 Å². The smallest absolute Gasteiger partial charge is 0.252 e. The number of carbonyl (C=O) groups is 2. The van der Waals surface area contributed by atoms with Gasteiger partial charge in [-0.05, 0) is 36.2 Å². The molecule has 3 rings (SSSR count).